The summed E-state index contributed by atoms with van der Waals surface area (Å²) in [5, 5.41) is 5.46. The van der Waals surface area contributed by atoms with Gasteiger partial charge in [0, 0.05) is 12.1 Å². The SMILES string of the molecule is CCCCCCCCCCCCCCCC(=O)NC(=O)CNc1ccccc1. The maximum absolute atomic E-state index is 11.8. The summed E-state index contributed by atoms with van der Waals surface area (Å²) in [4.78, 5) is 23.6. The van der Waals surface area contributed by atoms with Crippen LogP contribution in [-0.4, -0.2) is 18.4 Å². The molecule has 1 aromatic rings. The van der Waals surface area contributed by atoms with Crippen LogP contribution in [0.3, 0.4) is 0 Å². The number of hydrogen-bond donors (Lipinski definition) is 2. The number of nitrogens with one attached hydrogen (secondary N) is 2. The highest BCUT2D eigenvalue weighted by atomic mass is 16.2. The summed E-state index contributed by atoms with van der Waals surface area (Å²) < 4.78 is 0. The molecule has 0 unspecified atom stereocenters. The van der Waals surface area contributed by atoms with Crippen molar-refractivity contribution in [3.8, 4) is 0 Å². The fraction of sp³-hybridized carbons (Fsp3) is 0.667. The fourth-order valence-corrected chi connectivity index (χ4v) is 3.30. The van der Waals surface area contributed by atoms with E-state index in [1.807, 2.05) is 30.3 Å². The number of anilines is 1. The number of benzene rings is 1. The quantitative estimate of drug-likeness (QED) is 0.311. The van der Waals surface area contributed by atoms with E-state index in [1.54, 1.807) is 0 Å². The topological polar surface area (TPSA) is 58.2 Å². The Labute approximate surface area is 171 Å². The Morgan fingerprint density at radius 3 is 1.71 bits per heavy atom. The van der Waals surface area contributed by atoms with Gasteiger partial charge >= 0.3 is 0 Å². The van der Waals surface area contributed by atoms with Crippen LogP contribution in [0.25, 0.3) is 0 Å². The molecule has 0 saturated carbocycles. The van der Waals surface area contributed by atoms with Crippen molar-refractivity contribution in [2.45, 2.75) is 96.8 Å². The van der Waals surface area contributed by atoms with Crippen LogP contribution in [0, 0.1) is 0 Å². The normalized spacial score (nSPS) is 10.6. The molecular formula is C24H40N2O2. The van der Waals surface area contributed by atoms with Gasteiger partial charge in [0.05, 0.1) is 6.54 Å². The summed E-state index contributed by atoms with van der Waals surface area (Å²) in [6.07, 6.45) is 17.1. The highest BCUT2D eigenvalue weighted by Gasteiger charge is 2.07. The van der Waals surface area contributed by atoms with Gasteiger partial charge < -0.3 is 5.32 Å². The first-order valence-corrected chi connectivity index (χ1v) is 11.3. The van der Waals surface area contributed by atoms with E-state index in [4.69, 9.17) is 0 Å². The molecule has 1 rings (SSSR count). The van der Waals surface area contributed by atoms with Gasteiger partial charge in [0.15, 0.2) is 0 Å². The average molecular weight is 389 g/mol. The van der Waals surface area contributed by atoms with Gasteiger partial charge in [-0.3, -0.25) is 14.9 Å². The lowest BCUT2D eigenvalue weighted by molar-refractivity contribution is -0.129. The molecule has 1 aromatic carbocycles. The first-order chi connectivity index (χ1) is 13.7. The smallest absolute Gasteiger partial charge is 0.245 e. The van der Waals surface area contributed by atoms with Gasteiger partial charge in [0.2, 0.25) is 11.8 Å². The molecule has 158 valence electrons. The Morgan fingerprint density at radius 1 is 0.679 bits per heavy atom. The third-order valence-corrected chi connectivity index (χ3v) is 5.01. The van der Waals surface area contributed by atoms with Crippen LogP contribution >= 0.6 is 0 Å². The molecule has 4 heteroatoms. The van der Waals surface area contributed by atoms with Crippen LogP contribution < -0.4 is 10.6 Å². The third-order valence-electron chi connectivity index (χ3n) is 5.01. The first kappa shape index (κ1) is 24.2. The molecule has 0 spiro atoms. The van der Waals surface area contributed by atoms with Crippen molar-refractivity contribution in [1.29, 1.82) is 0 Å². The molecule has 0 fully saturated rings. The lowest BCUT2D eigenvalue weighted by Crippen LogP contribution is -2.34. The molecule has 0 atom stereocenters. The van der Waals surface area contributed by atoms with Crippen molar-refractivity contribution in [1.82, 2.24) is 5.32 Å². The van der Waals surface area contributed by atoms with E-state index in [1.165, 1.54) is 70.6 Å². The highest BCUT2D eigenvalue weighted by molar-refractivity contribution is 5.96. The molecule has 0 saturated heterocycles. The number of carbonyl (C=O) groups excluding carboxylic acids is 2. The molecule has 2 amide bonds. The minimum absolute atomic E-state index is 0.119. The molecule has 28 heavy (non-hydrogen) atoms. The molecule has 0 aliphatic carbocycles. The predicted molar refractivity (Wildman–Crippen MR) is 118 cm³/mol. The Balaban J connectivity index is 1.86. The number of hydrogen-bond acceptors (Lipinski definition) is 3. The van der Waals surface area contributed by atoms with Crippen LogP contribution in [0.2, 0.25) is 0 Å². The van der Waals surface area contributed by atoms with Crippen LogP contribution in [0.4, 0.5) is 5.69 Å². The van der Waals surface area contributed by atoms with Gasteiger partial charge in [0.1, 0.15) is 0 Å². The van der Waals surface area contributed by atoms with Crippen LogP contribution in [-0.2, 0) is 9.59 Å². The standard InChI is InChI=1S/C24H40N2O2/c1-2-3-4-5-6-7-8-9-10-11-12-13-17-20-23(27)26-24(28)21-25-22-18-15-14-16-19-22/h14-16,18-19,25H,2-13,17,20-21H2,1H3,(H,26,27,28). The maximum atomic E-state index is 11.8. The summed E-state index contributed by atoms with van der Waals surface area (Å²) in [6.45, 7) is 2.38. The van der Waals surface area contributed by atoms with E-state index in [-0.39, 0.29) is 18.4 Å². The number of amides is 2. The number of unbranched alkanes of at least 4 members (excludes halogenated alkanes) is 12. The summed E-state index contributed by atoms with van der Waals surface area (Å²) in [5.41, 5.74) is 0.876. The lowest BCUT2D eigenvalue weighted by Gasteiger charge is -2.07. The highest BCUT2D eigenvalue weighted by Crippen LogP contribution is 2.13. The van der Waals surface area contributed by atoms with E-state index in [0.717, 1.165) is 18.5 Å². The zero-order valence-electron chi connectivity index (χ0n) is 17.8. The average Bonchev–Trinajstić information content (AvgIpc) is 2.70. The zero-order chi connectivity index (χ0) is 20.3. The predicted octanol–water partition coefficient (Wildman–Crippen LogP) is 6.22. The molecule has 0 heterocycles. The first-order valence-electron chi connectivity index (χ1n) is 11.3. The molecule has 0 radical (unpaired) electrons. The summed E-state index contributed by atoms with van der Waals surface area (Å²) in [7, 11) is 0. The number of para-hydroxylation sites is 1. The minimum Gasteiger partial charge on any atom is -0.376 e. The van der Waals surface area contributed by atoms with Gasteiger partial charge in [-0.25, -0.2) is 0 Å². The minimum atomic E-state index is -0.274. The van der Waals surface area contributed by atoms with Crippen molar-refractivity contribution in [2.75, 3.05) is 11.9 Å². The van der Waals surface area contributed by atoms with Gasteiger partial charge in [0.25, 0.3) is 0 Å². The van der Waals surface area contributed by atoms with Crippen molar-refractivity contribution >= 4 is 17.5 Å². The number of rotatable bonds is 17. The molecule has 0 aliphatic rings. The Hall–Kier alpha value is -1.84. The van der Waals surface area contributed by atoms with Gasteiger partial charge in [-0.2, -0.15) is 0 Å². The maximum Gasteiger partial charge on any atom is 0.245 e. The Bertz CT molecular complexity index is 517. The second-order valence-corrected chi connectivity index (χ2v) is 7.68. The Morgan fingerprint density at radius 2 is 1.18 bits per heavy atom. The summed E-state index contributed by atoms with van der Waals surface area (Å²) in [6, 6.07) is 9.51. The fourth-order valence-electron chi connectivity index (χ4n) is 3.30. The monoisotopic (exact) mass is 388 g/mol. The van der Waals surface area contributed by atoms with Crippen LogP contribution in [0.1, 0.15) is 96.8 Å². The Kier molecular flexibility index (Phi) is 14.9. The second-order valence-electron chi connectivity index (χ2n) is 7.68. The molecule has 4 nitrogen and oxygen atoms in total. The van der Waals surface area contributed by atoms with Gasteiger partial charge in [-0.1, -0.05) is 102 Å². The number of imide groups is 1. The summed E-state index contributed by atoms with van der Waals surface area (Å²) >= 11 is 0. The van der Waals surface area contributed by atoms with Crippen molar-refractivity contribution in [3.63, 3.8) is 0 Å². The number of carbonyl (C=O) groups is 2. The zero-order valence-corrected chi connectivity index (χ0v) is 17.8. The molecule has 0 bridgehead atoms. The van der Waals surface area contributed by atoms with Crippen molar-refractivity contribution in [2.24, 2.45) is 0 Å². The van der Waals surface area contributed by atoms with Crippen LogP contribution in [0.5, 0.6) is 0 Å². The molecule has 0 aliphatic heterocycles. The molecular weight excluding hydrogens is 348 g/mol. The van der Waals surface area contributed by atoms with Crippen molar-refractivity contribution in [3.05, 3.63) is 30.3 Å². The van der Waals surface area contributed by atoms with Crippen LogP contribution in [0.15, 0.2) is 30.3 Å². The van der Waals surface area contributed by atoms with E-state index in [9.17, 15) is 9.59 Å². The molecule has 2 N–H and O–H groups in total. The van der Waals surface area contributed by atoms with Gasteiger partial charge in [-0.15, -0.1) is 0 Å². The molecule has 0 aromatic heterocycles. The van der Waals surface area contributed by atoms with Crippen molar-refractivity contribution < 1.29 is 9.59 Å². The largest absolute Gasteiger partial charge is 0.376 e. The van der Waals surface area contributed by atoms with E-state index < -0.39 is 0 Å². The van der Waals surface area contributed by atoms with Gasteiger partial charge in [-0.05, 0) is 18.6 Å². The lowest BCUT2D eigenvalue weighted by atomic mass is 10.0. The second kappa shape index (κ2) is 17.3. The van der Waals surface area contributed by atoms with E-state index >= 15 is 0 Å². The summed E-state index contributed by atoms with van der Waals surface area (Å²) in [5.74, 6) is -0.438. The van der Waals surface area contributed by atoms with E-state index in [0.29, 0.717) is 6.42 Å². The van der Waals surface area contributed by atoms with E-state index in [2.05, 4.69) is 17.6 Å². The third kappa shape index (κ3) is 14.2.